The zero-order chi connectivity index (χ0) is 17.1. The van der Waals surface area contributed by atoms with Gasteiger partial charge in [-0.2, -0.15) is 0 Å². The zero-order valence-electron chi connectivity index (χ0n) is 13.7. The average molecular weight is 368 g/mol. The number of hydrogen-bond acceptors (Lipinski definition) is 4. The number of rotatable bonds is 5. The lowest BCUT2D eigenvalue weighted by Crippen LogP contribution is -2.47. The van der Waals surface area contributed by atoms with Crippen molar-refractivity contribution in [1.82, 2.24) is 4.90 Å². The van der Waals surface area contributed by atoms with Crippen LogP contribution in [0.4, 0.5) is 0 Å². The second kappa shape index (κ2) is 7.79. The van der Waals surface area contributed by atoms with Crippen molar-refractivity contribution in [2.24, 2.45) is 5.92 Å². The monoisotopic (exact) mass is 367 g/mol. The first-order chi connectivity index (χ1) is 11.6. The van der Waals surface area contributed by atoms with Crippen molar-refractivity contribution in [2.45, 2.75) is 44.0 Å². The molecule has 1 aliphatic heterocycles. The Kier molecular flexibility index (Phi) is 5.72. The number of esters is 1. The van der Waals surface area contributed by atoms with E-state index in [-0.39, 0.29) is 23.2 Å². The predicted octanol–water partition coefficient (Wildman–Crippen LogP) is 4.04. The van der Waals surface area contributed by atoms with Gasteiger partial charge in [0.2, 0.25) is 5.91 Å². The summed E-state index contributed by atoms with van der Waals surface area (Å²) in [5, 5.41) is 0.412. The van der Waals surface area contributed by atoms with Crippen LogP contribution in [0, 0.1) is 5.92 Å². The number of carbonyl (C=O) groups is 2. The largest absolute Gasteiger partial charge is 0.464 e. The molecule has 1 aromatic carbocycles. The molecule has 0 unspecified atom stereocenters. The van der Waals surface area contributed by atoms with Crippen LogP contribution >= 0.6 is 23.4 Å². The molecule has 2 atom stereocenters. The fourth-order valence-electron chi connectivity index (χ4n) is 3.04. The van der Waals surface area contributed by atoms with Crippen LogP contribution in [0.3, 0.4) is 0 Å². The number of thioether (sulfide) groups is 1. The molecule has 1 aliphatic carbocycles. The minimum absolute atomic E-state index is 0.0372. The van der Waals surface area contributed by atoms with Crippen LogP contribution in [0.1, 0.15) is 43.5 Å². The molecule has 0 bridgehead atoms. The molecule has 2 aliphatic rings. The number of halogens is 1. The Hall–Kier alpha value is -1.20. The van der Waals surface area contributed by atoms with E-state index in [0.717, 1.165) is 31.2 Å². The van der Waals surface area contributed by atoms with E-state index in [4.69, 9.17) is 16.3 Å². The molecule has 3 rings (SSSR count). The van der Waals surface area contributed by atoms with Crippen LogP contribution in [0.15, 0.2) is 24.3 Å². The van der Waals surface area contributed by atoms with Gasteiger partial charge >= 0.3 is 5.97 Å². The van der Waals surface area contributed by atoms with E-state index in [9.17, 15) is 9.59 Å². The van der Waals surface area contributed by atoms with Crippen LogP contribution in [0.2, 0.25) is 5.02 Å². The van der Waals surface area contributed by atoms with E-state index in [1.165, 1.54) is 0 Å². The number of benzene rings is 1. The number of carbonyl (C=O) groups excluding carboxylic acids is 2. The number of amides is 1. The third kappa shape index (κ3) is 3.42. The maximum absolute atomic E-state index is 13.0. The Morgan fingerprint density at radius 3 is 2.71 bits per heavy atom. The Morgan fingerprint density at radius 2 is 2.08 bits per heavy atom. The summed E-state index contributed by atoms with van der Waals surface area (Å²) in [5.74, 6) is 0.355. The molecule has 1 amide bonds. The summed E-state index contributed by atoms with van der Waals surface area (Å²) in [5.41, 5.74) is 0.891. The minimum atomic E-state index is -0.518. The molecule has 6 heteroatoms. The molecule has 4 nitrogen and oxygen atoms in total. The van der Waals surface area contributed by atoms with Gasteiger partial charge in [0.1, 0.15) is 11.4 Å². The quantitative estimate of drug-likeness (QED) is 0.737. The summed E-state index contributed by atoms with van der Waals surface area (Å²) >= 11 is 7.93. The molecule has 2 fully saturated rings. The summed E-state index contributed by atoms with van der Waals surface area (Å²) in [6.45, 7) is 2.35. The van der Waals surface area contributed by atoms with E-state index >= 15 is 0 Å². The first kappa shape index (κ1) is 17.6. The fraction of sp³-hybridized carbons (Fsp3) is 0.556. The second-order valence-electron chi connectivity index (χ2n) is 6.26. The summed E-state index contributed by atoms with van der Waals surface area (Å²) in [6, 6.07) is 7.02. The Morgan fingerprint density at radius 1 is 1.33 bits per heavy atom. The van der Waals surface area contributed by atoms with Crippen LogP contribution in [0.5, 0.6) is 0 Å². The molecule has 1 aromatic rings. The summed E-state index contributed by atoms with van der Waals surface area (Å²) in [7, 11) is 0. The van der Waals surface area contributed by atoms with Crippen molar-refractivity contribution in [2.75, 3.05) is 12.4 Å². The third-order valence-corrected chi connectivity index (χ3v) is 6.25. The van der Waals surface area contributed by atoms with Crippen molar-refractivity contribution >= 4 is 35.2 Å². The normalized spacial score (nSPS) is 23.8. The zero-order valence-corrected chi connectivity index (χ0v) is 15.3. The predicted molar refractivity (Wildman–Crippen MR) is 95.9 cm³/mol. The van der Waals surface area contributed by atoms with Gasteiger partial charge in [-0.25, -0.2) is 4.79 Å². The summed E-state index contributed by atoms with van der Waals surface area (Å²) in [4.78, 5) is 27.2. The number of nitrogens with zero attached hydrogens (tertiary/aromatic N) is 1. The smallest absolute Gasteiger partial charge is 0.329 e. The first-order valence-corrected chi connectivity index (χ1v) is 9.91. The maximum Gasteiger partial charge on any atom is 0.329 e. The van der Waals surface area contributed by atoms with E-state index in [1.807, 2.05) is 31.2 Å². The van der Waals surface area contributed by atoms with E-state index in [1.54, 1.807) is 16.7 Å². The van der Waals surface area contributed by atoms with Crippen LogP contribution in [0.25, 0.3) is 0 Å². The van der Waals surface area contributed by atoms with Crippen LogP contribution in [-0.4, -0.2) is 35.2 Å². The molecule has 24 heavy (non-hydrogen) atoms. The van der Waals surface area contributed by atoms with Crippen LogP contribution in [-0.2, 0) is 14.3 Å². The SMILES string of the molecule is CCCOC(=O)[C@H]1CS[C@H](c2ccccc2Cl)N1C(=O)C1CCC1. The van der Waals surface area contributed by atoms with Gasteiger partial charge in [0.05, 0.1) is 6.61 Å². The fourth-order valence-corrected chi connectivity index (χ4v) is 4.80. The molecular formula is C18H22ClNO3S. The highest BCUT2D eigenvalue weighted by molar-refractivity contribution is 7.99. The molecule has 0 radical (unpaired) electrons. The molecule has 1 saturated carbocycles. The van der Waals surface area contributed by atoms with E-state index in [2.05, 4.69) is 0 Å². The summed E-state index contributed by atoms with van der Waals surface area (Å²) in [6.07, 6.45) is 3.67. The minimum Gasteiger partial charge on any atom is -0.464 e. The molecule has 1 heterocycles. The van der Waals surface area contributed by atoms with Crippen molar-refractivity contribution in [1.29, 1.82) is 0 Å². The molecule has 130 valence electrons. The molecular weight excluding hydrogens is 346 g/mol. The van der Waals surface area contributed by atoms with Crippen LogP contribution < -0.4 is 0 Å². The average Bonchev–Trinajstić information content (AvgIpc) is 2.96. The van der Waals surface area contributed by atoms with Gasteiger partial charge in [0, 0.05) is 22.3 Å². The van der Waals surface area contributed by atoms with Gasteiger partial charge < -0.3 is 9.64 Å². The highest BCUT2D eigenvalue weighted by Gasteiger charge is 2.46. The third-order valence-electron chi connectivity index (χ3n) is 4.60. The van der Waals surface area contributed by atoms with Crippen molar-refractivity contribution in [3.05, 3.63) is 34.9 Å². The standard InChI is InChI=1S/C18H22ClNO3S/c1-2-10-23-18(22)15-11-24-17(13-8-3-4-9-14(13)19)20(15)16(21)12-6-5-7-12/h3-4,8-9,12,15,17H,2,5-7,10-11H2,1H3/t15-,17-/m1/s1. The highest BCUT2D eigenvalue weighted by atomic mass is 35.5. The lowest BCUT2D eigenvalue weighted by molar-refractivity contribution is -0.156. The lowest BCUT2D eigenvalue weighted by atomic mass is 9.84. The topological polar surface area (TPSA) is 46.6 Å². The first-order valence-electron chi connectivity index (χ1n) is 8.48. The van der Waals surface area contributed by atoms with Crippen molar-refractivity contribution in [3.63, 3.8) is 0 Å². The Balaban J connectivity index is 1.86. The Labute approximate surface area is 151 Å². The number of ether oxygens (including phenoxy) is 1. The van der Waals surface area contributed by atoms with Gasteiger partial charge in [0.15, 0.2) is 0 Å². The van der Waals surface area contributed by atoms with E-state index < -0.39 is 6.04 Å². The van der Waals surface area contributed by atoms with Gasteiger partial charge in [0.25, 0.3) is 0 Å². The molecule has 0 N–H and O–H groups in total. The molecule has 1 saturated heterocycles. The second-order valence-corrected chi connectivity index (χ2v) is 7.78. The van der Waals surface area contributed by atoms with Crippen molar-refractivity contribution < 1.29 is 14.3 Å². The molecule has 0 spiro atoms. The van der Waals surface area contributed by atoms with Gasteiger partial charge in [-0.15, -0.1) is 11.8 Å². The van der Waals surface area contributed by atoms with Crippen molar-refractivity contribution in [3.8, 4) is 0 Å². The van der Waals surface area contributed by atoms with Gasteiger partial charge in [-0.1, -0.05) is 43.1 Å². The maximum atomic E-state index is 13.0. The number of hydrogen-bond donors (Lipinski definition) is 0. The summed E-state index contributed by atoms with van der Waals surface area (Å²) < 4.78 is 5.32. The van der Waals surface area contributed by atoms with Gasteiger partial charge in [-0.05, 0) is 25.3 Å². The van der Waals surface area contributed by atoms with E-state index in [0.29, 0.717) is 17.4 Å². The van der Waals surface area contributed by atoms with Gasteiger partial charge in [-0.3, -0.25) is 4.79 Å². The lowest BCUT2D eigenvalue weighted by Gasteiger charge is -2.35. The Bertz CT molecular complexity index is 620. The highest BCUT2D eigenvalue weighted by Crippen LogP contribution is 2.46. The molecule has 0 aromatic heterocycles.